The Labute approximate surface area is 110 Å². The number of nitrogens with zero attached hydrogens (tertiary/aromatic N) is 5. The smallest absolute Gasteiger partial charge is 0.140 e. The highest BCUT2D eigenvalue weighted by atomic mass is 15.3. The van der Waals surface area contributed by atoms with Crippen molar-refractivity contribution in [3.8, 4) is 0 Å². The van der Waals surface area contributed by atoms with E-state index < -0.39 is 0 Å². The highest BCUT2D eigenvalue weighted by Gasteiger charge is 2.19. The van der Waals surface area contributed by atoms with Crippen LogP contribution in [-0.4, -0.2) is 26.1 Å². The first-order valence-corrected chi connectivity index (χ1v) is 6.36. The molecule has 0 unspecified atom stereocenters. The molecule has 0 atom stereocenters. The van der Waals surface area contributed by atoms with Gasteiger partial charge in [0, 0.05) is 30.9 Å². The summed E-state index contributed by atoms with van der Waals surface area (Å²) in [4.78, 5) is 15.4. The Morgan fingerprint density at radius 1 is 1.00 bits per heavy atom. The molecule has 0 N–H and O–H groups in total. The third-order valence-corrected chi connectivity index (χ3v) is 3.57. The summed E-state index contributed by atoms with van der Waals surface area (Å²) in [5.74, 6) is 2.09. The Bertz CT molecular complexity index is 728. The van der Waals surface area contributed by atoms with E-state index in [1.807, 2.05) is 30.6 Å². The molecule has 1 aliphatic rings. The first-order chi connectivity index (χ1) is 9.42. The minimum Gasteiger partial charge on any atom is -0.347 e. The molecule has 3 heterocycles. The van der Waals surface area contributed by atoms with E-state index in [1.165, 1.54) is 0 Å². The zero-order valence-electron chi connectivity index (χ0n) is 10.4. The molecule has 5 nitrogen and oxygen atoms in total. The molecular weight excluding hydrogens is 238 g/mol. The molecule has 1 aromatic carbocycles. The molecule has 4 rings (SSSR count). The Morgan fingerprint density at radius 3 is 2.95 bits per heavy atom. The summed E-state index contributed by atoms with van der Waals surface area (Å²) in [5.41, 5.74) is 0.987. The van der Waals surface area contributed by atoms with Gasteiger partial charge in [0.15, 0.2) is 0 Å². The number of benzene rings is 1. The van der Waals surface area contributed by atoms with E-state index in [2.05, 4.69) is 30.5 Å². The SMILES string of the molecule is c1ccc2c(N3CCn4ccnc4C3)ncnc2c1. The van der Waals surface area contributed by atoms with E-state index in [9.17, 15) is 0 Å². The van der Waals surface area contributed by atoms with E-state index in [0.29, 0.717) is 0 Å². The van der Waals surface area contributed by atoms with Crippen LogP contribution < -0.4 is 4.90 Å². The van der Waals surface area contributed by atoms with Gasteiger partial charge in [0.25, 0.3) is 0 Å². The van der Waals surface area contributed by atoms with Crippen molar-refractivity contribution in [1.82, 2.24) is 19.5 Å². The maximum absolute atomic E-state index is 4.47. The molecule has 3 aromatic rings. The summed E-state index contributed by atoms with van der Waals surface area (Å²) in [6.45, 7) is 2.70. The summed E-state index contributed by atoms with van der Waals surface area (Å²) < 4.78 is 2.19. The zero-order chi connectivity index (χ0) is 12.7. The summed E-state index contributed by atoms with van der Waals surface area (Å²) in [5, 5.41) is 1.10. The number of aromatic nitrogens is 4. The fourth-order valence-corrected chi connectivity index (χ4v) is 2.60. The van der Waals surface area contributed by atoms with Crippen molar-refractivity contribution in [2.45, 2.75) is 13.1 Å². The minimum absolute atomic E-state index is 0.800. The van der Waals surface area contributed by atoms with Gasteiger partial charge in [0.05, 0.1) is 12.1 Å². The van der Waals surface area contributed by atoms with Crippen molar-refractivity contribution in [3.05, 3.63) is 48.8 Å². The first kappa shape index (κ1) is 10.5. The van der Waals surface area contributed by atoms with E-state index in [4.69, 9.17) is 0 Å². The third-order valence-electron chi connectivity index (χ3n) is 3.57. The van der Waals surface area contributed by atoms with Crippen LogP contribution in [0, 0.1) is 0 Å². The molecule has 19 heavy (non-hydrogen) atoms. The van der Waals surface area contributed by atoms with Crippen molar-refractivity contribution >= 4 is 16.7 Å². The number of hydrogen-bond acceptors (Lipinski definition) is 4. The van der Waals surface area contributed by atoms with Crippen LogP contribution in [0.15, 0.2) is 43.0 Å². The Hall–Kier alpha value is -2.43. The quantitative estimate of drug-likeness (QED) is 0.662. The topological polar surface area (TPSA) is 46.8 Å². The maximum Gasteiger partial charge on any atom is 0.140 e. The molecule has 5 heteroatoms. The van der Waals surface area contributed by atoms with Crippen LogP contribution in [0.4, 0.5) is 5.82 Å². The number of imidazole rings is 1. The molecular formula is C14H13N5. The van der Waals surface area contributed by atoms with E-state index >= 15 is 0 Å². The van der Waals surface area contributed by atoms with Gasteiger partial charge in [-0.1, -0.05) is 12.1 Å². The van der Waals surface area contributed by atoms with Gasteiger partial charge in [-0.2, -0.15) is 0 Å². The lowest BCUT2D eigenvalue weighted by Crippen LogP contribution is -2.34. The van der Waals surface area contributed by atoms with Crippen molar-refractivity contribution in [3.63, 3.8) is 0 Å². The molecule has 0 saturated carbocycles. The first-order valence-electron chi connectivity index (χ1n) is 6.36. The van der Waals surface area contributed by atoms with Crippen molar-refractivity contribution in [2.24, 2.45) is 0 Å². The third kappa shape index (κ3) is 1.66. The minimum atomic E-state index is 0.800. The molecule has 0 spiro atoms. The van der Waals surface area contributed by atoms with E-state index in [-0.39, 0.29) is 0 Å². The number of hydrogen-bond donors (Lipinski definition) is 0. The number of fused-ring (bicyclic) bond motifs is 2. The van der Waals surface area contributed by atoms with Crippen LogP contribution in [-0.2, 0) is 13.1 Å². The van der Waals surface area contributed by atoms with Gasteiger partial charge in [-0.3, -0.25) is 0 Å². The maximum atomic E-state index is 4.47. The van der Waals surface area contributed by atoms with Crippen LogP contribution in [0.2, 0.25) is 0 Å². The number of para-hydroxylation sites is 1. The monoisotopic (exact) mass is 251 g/mol. The van der Waals surface area contributed by atoms with Crippen molar-refractivity contribution in [2.75, 3.05) is 11.4 Å². The van der Waals surface area contributed by atoms with Crippen LogP contribution in [0.1, 0.15) is 5.82 Å². The molecule has 2 aromatic heterocycles. The lowest BCUT2D eigenvalue weighted by Gasteiger charge is -2.29. The highest BCUT2D eigenvalue weighted by molar-refractivity contribution is 5.89. The summed E-state index contributed by atoms with van der Waals surface area (Å²) in [6.07, 6.45) is 5.53. The standard InChI is InChI=1S/C14H13N5/c1-2-4-12-11(3-1)14(17-10-16-12)19-8-7-18-6-5-15-13(18)9-19/h1-6,10H,7-9H2. The van der Waals surface area contributed by atoms with Gasteiger partial charge in [-0.25, -0.2) is 15.0 Å². The molecule has 0 aliphatic carbocycles. The van der Waals surface area contributed by atoms with Crippen LogP contribution in [0.25, 0.3) is 10.9 Å². The summed E-state index contributed by atoms with van der Waals surface area (Å²) in [6, 6.07) is 8.12. The van der Waals surface area contributed by atoms with Gasteiger partial charge in [-0.05, 0) is 12.1 Å². The Kier molecular flexibility index (Phi) is 2.24. The van der Waals surface area contributed by atoms with E-state index in [0.717, 1.165) is 42.2 Å². The predicted molar refractivity (Wildman–Crippen MR) is 72.8 cm³/mol. The molecule has 0 saturated heterocycles. The number of anilines is 1. The molecule has 0 radical (unpaired) electrons. The van der Waals surface area contributed by atoms with Gasteiger partial charge >= 0.3 is 0 Å². The molecule has 0 bridgehead atoms. The van der Waals surface area contributed by atoms with Crippen LogP contribution >= 0.6 is 0 Å². The fraction of sp³-hybridized carbons (Fsp3) is 0.214. The molecule has 1 aliphatic heterocycles. The Balaban J connectivity index is 1.80. The Morgan fingerprint density at radius 2 is 1.95 bits per heavy atom. The summed E-state index contributed by atoms with van der Waals surface area (Å²) in [7, 11) is 0. The fourth-order valence-electron chi connectivity index (χ4n) is 2.60. The second kappa shape index (κ2) is 4.05. The van der Waals surface area contributed by atoms with Gasteiger partial charge in [0.1, 0.15) is 18.0 Å². The largest absolute Gasteiger partial charge is 0.347 e. The highest BCUT2D eigenvalue weighted by Crippen LogP contribution is 2.25. The normalized spacial score (nSPS) is 14.6. The van der Waals surface area contributed by atoms with Crippen LogP contribution in [0.5, 0.6) is 0 Å². The van der Waals surface area contributed by atoms with Crippen molar-refractivity contribution < 1.29 is 0 Å². The molecule has 0 fully saturated rings. The zero-order valence-corrected chi connectivity index (χ0v) is 10.4. The number of rotatable bonds is 1. The van der Waals surface area contributed by atoms with Gasteiger partial charge < -0.3 is 9.47 Å². The van der Waals surface area contributed by atoms with Gasteiger partial charge in [0.2, 0.25) is 0 Å². The summed E-state index contributed by atoms with van der Waals surface area (Å²) >= 11 is 0. The van der Waals surface area contributed by atoms with E-state index in [1.54, 1.807) is 6.33 Å². The lowest BCUT2D eigenvalue weighted by atomic mass is 10.2. The predicted octanol–water partition coefficient (Wildman–Crippen LogP) is 1.85. The van der Waals surface area contributed by atoms with Gasteiger partial charge in [-0.15, -0.1) is 0 Å². The average Bonchev–Trinajstić information content (AvgIpc) is 2.94. The molecule has 0 amide bonds. The second-order valence-electron chi connectivity index (χ2n) is 4.67. The van der Waals surface area contributed by atoms with Crippen LogP contribution in [0.3, 0.4) is 0 Å². The van der Waals surface area contributed by atoms with Crippen molar-refractivity contribution in [1.29, 1.82) is 0 Å². The average molecular weight is 251 g/mol. The second-order valence-corrected chi connectivity index (χ2v) is 4.67. The molecule has 94 valence electrons. The lowest BCUT2D eigenvalue weighted by molar-refractivity contribution is 0.557.